The van der Waals surface area contributed by atoms with Gasteiger partial charge in [-0.2, -0.15) is 0 Å². The van der Waals surface area contributed by atoms with Crippen LogP contribution in [0.3, 0.4) is 0 Å². The third-order valence-corrected chi connectivity index (χ3v) is 5.83. The lowest BCUT2D eigenvalue weighted by Gasteiger charge is -2.06. The van der Waals surface area contributed by atoms with Crippen molar-refractivity contribution in [2.75, 3.05) is 0 Å². The summed E-state index contributed by atoms with van der Waals surface area (Å²) in [6, 6.07) is 9.41. The second kappa shape index (κ2) is 7.65. The van der Waals surface area contributed by atoms with Crippen LogP contribution in [0.15, 0.2) is 34.7 Å². The Labute approximate surface area is 174 Å². The molecule has 0 spiro atoms. The number of aromatic hydroxyl groups is 1. The number of hydrogen-bond acceptors (Lipinski definition) is 3. The molecule has 0 amide bonds. The number of hydrogen-bond donors (Lipinski definition) is 1. The third kappa shape index (κ3) is 3.72. The maximum atomic E-state index is 13.3. The van der Waals surface area contributed by atoms with Crippen LogP contribution in [-0.4, -0.2) is 10.9 Å². The molecule has 0 fully saturated rings. The van der Waals surface area contributed by atoms with E-state index in [0.717, 1.165) is 41.6 Å². The molecule has 0 aliphatic carbocycles. The molecule has 1 aromatic heterocycles. The van der Waals surface area contributed by atoms with Gasteiger partial charge in [0.2, 0.25) is 0 Å². The number of halogens is 2. The minimum Gasteiger partial charge on any atom is -0.506 e. The summed E-state index contributed by atoms with van der Waals surface area (Å²) in [5, 5.41) is 10.8. The van der Waals surface area contributed by atoms with Gasteiger partial charge in [0.25, 0.3) is 0 Å². The van der Waals surface area contributed by atoms with Crippen LogP contribution in [0, 0.1) is 14.1 Å². The Balaban J connectivity index is 2.17. The summed E-state index contributed by atoms with van der Waals surface area (Å²) in [7, 11) is 0. The average Bonchev–Trinajstić information content (AvgIpc) is 2.93. The molecule has 0 aliphatic heterocycles. The second-order valence-electron chi connectivity index (χ2n) is 6.12. The van der Waals surface area contributed by atoms with Crippen LogP contribution in [0.2, 0.25) is 0 Å². The first-order valence-corrected chi connectivity index (χ1v) is 10.3. The molecule has 0 saturated heterocycles. The van der Waals surface area contributed by atoms with E-state index in [1.54, 1.807) is 12.1 Å². The summed E-state index contributed by atoms with van der Waals surface area (Å²) in [5.74, 6) is 0.923. The van der Waals surface area contributed by atoms with E-state index in [-0.39, 0.29) is 11.5 Å². The van der Waals surface area contributed by atoms with Gasteiger partial charge >= 0.3 is 0 Å². The number of phenolic OH excluding ortho intramolecular Hbond substituents is 1. The Kier molecular flexibility index (Phi) is 5.72. The van der Waals surface area contributed by atoms with Gasteiger partial charge < -0.3 is 9.52 Å². The van der Waals surface area contributed by atoms with Crippen molar-refractivity contribution in [2.24, 2.45) is 0 Å². The minimum atomic E-state index is -0.0514. The third-order valence-electron chi connectivity index (χ3n) is 4.18. The van der Waals surface area contributed by atoms with Gasteiger partial charge in [0, 0.05) is 17.4 Å². The van der Waals surface area contributed by atoms with Crippen LogP contribution in [-0.2, 0) is 6.42 Å². The second-order valence-corrected chi connectivity index (χ2v) is 8.45. The van der Waals surface area contributed by atoms with Gasteiger partial charge in [-0.1, -0.05) is 25.5 Å². The zero-order valence-electron chi connectivity index (χ0n) is 14.0. The fraction of sp³-hybridized carbons (Fsp3) is 0.250. The van der Waals surface area contributed by atoms with E-state index < -0.39 is 0 Å². The fourth-order valence-electron chi connectivity index (χ4n) is 2.86. The Bertz CT molecular complexity index is 934. The summed E-state index contributed by atoms with van der Waals surface area (Å²) < 4.78 is 7.38. The predicted octanol–water partition coefficient (Wildman–Crippen LogP) is 6.23. The van der Waals surface area contributed by atoms with Crippen molar-refractivity contribution in [1.29, 1.82) is 0 Å². The van der Waals surface area contributed by atoms with Gasteiger partial charge in [-0.05, 0) is 82.3 Å². The number of furan rings is 1. The maximum absolute atomic E-state index is 13.3. The number of ketones is 1. The molecule has 25 heavy (non-hydrogen) atoms. The highest BCUT2D eigenvalue weighted by atomic mass is 127. The Morgan fingerprint density at radius 2 is 1.84 bits per heavy atom. The smallest absolute Gasteiger partial charge is 0.197 e. The standard InChI is InChI=1S/C20H18I2O3/c1-3-4-5-16-18(13-7-6-11(2)8-17(13)25-16)19(23)12-9-14(21)20(24)15(22)10-12/h6-10,24H,3-5H2,1-2H3. The first kappa shape index (κ1) is 18.7. The quantitative estimate of drug-likeness (QED) is 0.298. The summed E-state index contributed by atoms with van der Waals surface area (Å²) >= 11 is 4.10. The van der Waals surface area contributed by atoms with E-state index in [1.807, 2.05) is 25.1 Å². The predicted molar refractivity (Wildman–Crippen MR) is 117 cm³/mol. The summed E-state index contributed by atoms with van der Waals surface area (Å²) in [5.41, 5.74) is 3.10. The normalized spacial score (nSPS) is 11.2. The van der Waals surface area contributed by atoms with E-state index in [2.05, 4.69) is 52.1 Å². The number of unbranched alkanes of at least 4 members (excludes halogenated alkanes) is 1. The highest BCUT2D eigenvalue weighted by Crippen LogP contribution is 2.33. The number of aryl methyl sites for hydroxylation is 2. The molecule has 0 atom stereocenters. The summed E-state index contributed by atoms with van der Waals surface area (Å²) in [6.45, 7) is 4.14. The van der Waals surface area contributed by atoms with Crippen molar-refractivity contribution in [3.05, 3.63) is 59.9 Å². The summed E-state index contributed by atoms with van der Waals surface area (Å²) in [4.78, 5) is 13.3. The Morgan fingerprint density at radius 1 is 1.16 bits per heavy atom. The molecule has 0 aliphatic rings. The molecule has 130 valence electrons. The van der Waals surface area contributed by atoms with Crippen LogP contribution in [0.1, 0.15) is 47.0 Å². The SMILES string of the molecule is CCCCc1oc2cc(C)ccc2c1C(=O)c1cc(I)c(O)c(I)c1. The zero-order chi connectivity index (χ0) is 18.1. The zero-order valence-corrected chi connectivity index (χ0v) is 18.3. The number of rotatable bonds is 5. The lowest BCUT2D eigenvalue weighted by Crippen LogP contribution is -2.05. The molecular formula is C20H18I2O3. The van der Waals surface area contributed by atoms with Crippen LogP contribution in [0.25, 0.3) is 11.0 Å². The van der Waals surface area contributed by atoms with Crippen molar-refractivity contribution in [2.45, 2.75) is 33.1 Å². The highest BCUT2D eigenvalue weighted by Gasteiger charge is 2.23. The molecule has 3 nitrogen and oxygen atoms in total. The minimum absolute atomic E-state index is 0.0514. The molecule has 3 aromatic rings. The number of benzene rings is 2. The molecule has 0 unspecified atom stereocenters. The molecule has 1 N–H and O–H groups in total. The molecule has 5 heteroatoms. The highest BCUT2D eigenvalue weighted by molar-refractivity contribution is 14.1. The maximum Gasteiger partial charge on any atom is 0.197 e. The van der Waals surface area contributed by atoms with Gasteiger partial charge in [0.15, 0.2) is 5.78 Å². The molecule has 0 saturated carbocycles. The Hall–Kier alpha value is -1.09. The van der Waals surface area contributed by atoms with Gasteiger partial charge in [-0.25, -0.2) is 0 Å². The van der Waals surface area contributed by atoms with Crippen molar-refractivity contribution < 1.29 is 14.3 Å². The van der Waals surface area contributed by atoms with Gasteiger partial charge in [-0.3, -0.25) is 4.79 Å². The number of carbonyl (C=O) groups excluding carboxylic acids is 1. The molecular weight excluding hydrogens is 542 g/mol. The molecule has 1 heterocycles. The number of fused-ring (bicyclic) bond motifs is 1. The largest absolute Gasteiger partial charge is 0.506 e. The van der Waals surface area contributed by atoms with Gasteiger partial charge in [-0.15, -0.1) is 0 Å². The van der Waals surface area contributed by atoms with Crippen molar-refractivity contribution in [1.82, 2.24) is 0 Å². The first-order chi connectivity index (χ1) is 11.9. The van der Waals surface area contributed by atoms with Crippen LogP contribution in [0.4, 0.5) is 0 Å². The van der Waals surface area contributed by atoms with E-state index in [9.17, 15) is 9.90 Å². The topological polar surface area (TPSA) is 50.4 Å². The van der Waals surface area contributed by atoms with E-state index in [4.69, 9.17) is 4.42 Å². The number of phenols is 1. The van der Waals surface area contributed by atoms with Crippen LogP contribution < -0.4 is 0 Å². The fourth-order valence-corrected chi connectivity index (χ4v) is 4.63. The van der Waals surface area contributed by atoms with E-state index in [0.29, 0.717) is 18.3 Å². The lowest BCUT2D eigenvalue weighted by molar-refractivity contribution is 0.103. The molecule has 0 bridgehead atoms. The van der Waals surface area contributed by atoms with Crippen LogP contribution >= 0.6 is 45.2 Å². The van der Waals surface area contributed by atoms with Crippen molar-refractivity contribution >= 4 is 61.9 Å². The lowest BCUT2D eigenvalue weighted by atomic mass is 9.98. The first-order valence-electron chi connectivity index (χ1n) is 8.17. The van der Waals surface area contributed by atoms with E-state index >= 15 is 0 Å². The van der Waals surface area contributed by atoms with Crippen LogP contribution in [0.5, 0.6) is 5.75 Å². The molecule has 2 aromatic carbocycles. The number of carbonyl (C=O) groups is 1. The summed E-state index contributed by atoms with van der Waals surface area (Å²) in [6.07, 6.45) is 2.76. The van der Waals surface area contributed by atoms with Gasteiger partial charge in [0.05, 0.1) is 12.7 Å². The monoisotopic (exact) mass is 560 g/mol. The average molecular weight is 560 g/mol. The van der Waals surface area contributed by atoms with Crippen molar-refractivity contribution in [3.8, 4) is 5.75 Å². The molecule has 3 rings (SSSR count). The van der Waals surface area contributed by atoms with Gasteiger partial charge in [0.1, 0.15) is 17.1 Å². The Morgan fingerprint density at radius 3 is 2.48 bits per heavy atom. The van der Waals surface area contributed by atoms with Crippen molar-refractivity contribution in [3.63, 3.8) is 0 Å². The molecule has 0 radical (unpaired) electrons. The van der Waals surface area contributed by atoms with E-state index in [1.165, 1.54) is 0 Å².